The van der Waals surface area contributed by atoms with E-state index in [4.69, 9.17) is 0 Å². The highest BCUT2D eigenvalue weighted by Crippen LogP contribution is 2.20. The molecule has 0 aliphatic heterocycles. The van der Waals surface area contributed by atoms with Gasteiger partial charge in [-0.2, -0.15) is 0 Å². The van der Waals surface area contributed by atoms with E-state index in [-0.39, 0.29) is 0 Å². The van der Waals surface area contributed by atoms with E-state index in [1.54, 1.807) is 12.2 Å². The largest absolute Gasteiger partial charge is 0.289 e. The first-order chi connectivity index (χ1) is 4.93. The van der Waals surface area contributed by atoms with E-state index in [0.717, 1.165) is 0 Å². The number of rotatable bonds is 2. The second kappa shape index (κ2) is 4.02. The van der Waals surface area contributed by atoms with Crippen molar-refractivity contribution in [3.8, 4) is 0 Å². The number of hydrogen-bond acceptors (Lipinski definition) is 2. The van der Waals surface area contributed by atoms with E-state index in [1.165, 1.54) is 31.8 Å². The van der Waals surface area contributed by atoms with Crippen LogP contribution in [-0.2, 0) is 4.79 Å². The standard InChI is InChI=1S/C8H11NO/c10-7-3-6-9-8-4-1-2-5-8/h3,6,8H,1-2,4-5H2. The van der Waals surface area contributed by atoms with E-state index in [0.29, 0.717) is 6.04 Å². The van der Waals surface area contributed by atoms with Crippen LogP contribution < -0.4 is 0 Å². The van der Waals surface area contributed by atoms with Crippen molar-refractivity contribution < 1.29 is 4.79 Å². The maximum absolute atomic E-state index is 9.71. The number of nitrogens with zero attached hydrogens (tertiary/aromatic N) is 1. The summed E-state index contributed by atoms with van der Waals surface area (Å²) >= 11 is 0. The second-order valence-corrected chi connectivity index (χ2v) is 2.52. The zero-order valence-corrected chi connectivity index (χ0v) is 5.92. The van der Waals surface area contributed by atoms with Gasteiger partial charge in [-0.15, -0.1) is 0 Å². The summed E-state index contributed by atoms with van der Waals surface area (Å²) in [5.41, 5.74) is 0. The molecule has 1 aliphatic rings. The summed E-state index contributed by atoms with van der Waals surface area (Å²) in [5.74, 6) is 1.67. The molecular formula is C8H11NO. The van der Waals surface area contributed by atoms with Crippen LogP contribution in [-0.4, -0.2) is 18.2 Å². The number of allylic oxidation sites excluding steroid dienone is 1. The van der Waals surface area contributed by atoms with Gasteiger partial charge in [0, 0.05) is 18.3 Å². The first-order valence-electron chi connectivity index (χ1n) is 3.66. The molecule has 1 rings (SSSR count). The number of carbonyl (C=O) groups excluding carboxylic acids is 1. The fourth-order valence-corrected chi connectivity index (χ4v) is 1.25. The predicted octanol–water partition coefficient (Wildman–Crippen LogP) is 1.39. The van der Waals surface area contributed by atoms with Crippen molar-refractivity contribution in [2.24, 2.45) is 4.99 Å². The lowest BCUT2D eigenvalue weighted by atomic mass is 10.3. The molecule has 0 bridgehead atoms. The van der Waals surface area contributed by atoms with Gasteiger partial charge in [-0.3, -0.25) is 4.99 Å². The van der Waals surface area contributed by atoms with Crippen molar-refractivity contribution in [2.75, 3.05) is 0 Å². The van der Waals surface area contributed by atoms with Crippen molar-refractivity contribution >= 4 is 12.2 Å². The van der Waals surface area contributed by atoms with Crippen molar-refractivity contribution in [1.29, 1.82) is 0 Å². The Hall–Kier alpha value is -0.880. The maximum Gasteiger partial charge on any atom is 0.126 e. The van der Waals surface area contributed by atoms with Gasteiger partial charge in [0.15, 0.2) is 0 Å². The van der Waals surface area contributed by atoms with Crippen molar-refractivity contribution in [3.05, 3.63) is 6.08 Å². The normalized spacial score (nSPS) is 19.6. The Morgan fingerprint density at radius 1 is 1.40 bits per heavy atom. The van der Waals surface area contributed by atoms with E-state index in [1.807, 2.05) is 0 Å². The molecule has 1 aliphatic carbocycles. The summed E-state index contributed by atoms with van der Waals surface area (Å²) in [5, 5.41) is 0. The lowest BCUT2D eigenvalue weighted by molar-refractivity contribution is 0.569. The molecule has 0 unspecified atom stereocenters. The van der Waals surface area contributed by atoms with Gasteiger partial charge in [-0.25, -0.2) is 4.79 Å². The first kappa shape index (κ1) is 7.23. The SMILES string of the molecule is O=C=CC=NC1CCCC1. The molecule has 0 amide bonds. The molecule has 0 heterocycles. The molecule has 0 N–H and O–H groups in total. The number of hydrogen-bond donors (Lipinski definition) is 0. The van der Waals surface area contributed by atoms with Crippen molar-refractivity contribution in [1.82, 2.24) is 0 Å². The van der Waals surface area contributed by atoms with E-state index in [9.17, 15) is 4.79 Å². The molecule has 0 aromatic heterocycles. The minimum Gasteiger partial charge on any atom is -0.289 e. The van der Waals surface area contributed by atoms with Crippen LogP contribution in [0.3, 0.4) is 0 Å². The summed E-state index contributed by atoms with van der Waals surface area (Å²) in [6.45, 7) is 0. The highest BCUT2D eigenvalue weighted by Gasteiger charge is 2.11. The Morgan fingerprint density at radius 2 is 2.10 bits per heavy atom. The molecule has 0 aromatic rings. The lowest BCUT2D eigenvalue weighted by Gasteiger charge is -1.96. The Balaban J connectivity index is 2.29. The van der Waals surface area contributed by atoms with Crippen LogP contribution in [0.2, 0.25) is 0 Å². The highest BCUT2D eigenvalue weighted by atomic mass is 16.1. The van der Waals surface area contributed by atoms with Crippen LogP contribution in [0.15, 0.2) is 11.1 Å². The lowest BCUT2D eigenvalue weighted by Crippen LogP contribution is -1.94. The Morgan fingerprint density at radius 3 is 2.70 bits per heavy atom. The summed E-state index contributed by atoms with van der Waals surface area (Å²) in [6.07, 6.45) is 7.81. The smallest absolute Gasteiger partial charge is 0.126 e. The van der Waals surface area contributed by atoms with Crippen molar-refractivity contribution in [3.63, 3.8) is 0 Å². The van der Waals surface area contributed by atoms with Crippen LogP contribution in [0, 0.1) is 0 Å². The zero-order valence-electron chi connectivity index (χ0n) is 5.92. The van der Waals surface area contributed by atoms with Gasteiger partial charge in [0.2, 0.25) is 0 Å². The molecule has 1 fully saturated rings. The quantitative estimate of drug-likeness (QED) is 0.417. The third kappa shape index (κ3) is 2.16. The van der Waals surface area contributed by atoms with Gasteiger partial charge in [-0.05, 0) is 12.8 Å². The maximum atomic E-state index is 9.71. The molecule has 1 saturated carbocycles. The van der Waals surface area contributed by atoms with Gasteiger partial charge < -0.3 is 0 Å². The molecule has 2 nitrogen and oxygen atoms in total. The van der Waals surface area contributed by atoms with Gasteiger partial charge in [0.25, 0.3) is 0 Å². The van der Waals surface area contributed by atoms with Crippen molar-refractivity contribution in [2.45, 2.75) is 31.7 Å². The summed E-state index contributed by atoms with van der Waals surface area (Å²) in [7, 11) is 0. The predicted molar refractivity (Wildman–Crippen MR) is 41.0 cm³/mol. The van der Waals surface area contributed by atoms with Gasteiger partial charge >= 0.3 is 0 Å². The topological polar surface area (TPSA) is 29.4 Å². The third-order valence-corrected chi connectivity index (χ3v) is 1.76. The molecule has 54 valence electrons. The van der Waals surface area contributed by atoms with Crippen LogP contribution in [0.1, 0.15) is 25.7 Å². The summed E-state index contributed by atoms with van der Waals surface area (Å²) < 4.78 is 0. The minimum absolute atomic E-state index is 0.476. The molecule has 0 saturated heterocycles. The van der Waals surface area contributed by atoms with Gasteiger partial charge in [0.05, 0.1) is 0 Å². The molecule has 0 spiro atoms. The highest BCUT2D eigenvalue weighted by molar-refractivity contribution is 5.81. The van der Waals surface area contributed by atoms with Crippen LogP contribution >= 0.6 is 0 Å². The monoisotopic (exact) mass is 137 g/mol. The third-order valence-electron chi connectivity index (χ3n) is 1.76. The van der Waals surface area contributed by atoms with Gasteiger partial charge in [-0.1, -0.05) is 12.8 Å². The molecule has 10 heavy (non-hydrogen) atoms. The molecule has 0 aromatic carbocycles. The second-order valence-electron chi connectivity index (χ2n) is 2.52. The van der Waals surface area contributed by atoms with Crippen LogP contribution in [0.4, 0.5) is 0 Å². The minimum atomic E-state index is 0.476. The molecule has 0 atom stereocenters. The average Bonchev–Trinajstić information content (AvgIpc) is 2.41. The van der Waals surface area contributed by atoms with Crippen LogP contribution in [0.5, 0.6) is 0 Å². The summed E-state index contributed by atoms with van der Waals surface area (Å²) in [6, 6.07) is 0.476. The number of aliphatic imine (C=N–C) groups is 1. The van der Waals surface area contributed by atoms with E-state index in [2.05, 4.69) is 4.99 Å². The Bertz CT molecular complexity index is 162. The Labute approximate surface area is 60.7 Å². The average molecular weight is 137 g/mol. The van der Waals surface area contributed by atoms with E-state index < -0.39 is 0 Å². The summed E-state index contributed by atoms with van der Waals surface area (Å²) in [4.78, 5) is 13.9. The zero-order chi connectivity index (χ0) is 7.23. The molecule has 0 radical (unpaired) electrons. The van der Waals surface area contributed by atoms with E-state index >= 15 is 0 Å². The molecular weight excluding hydrogens is 126 g/mol. The fraction of sp³-hybridized carbons (Fsp3) is 0.625. The first-order valence-corrected chi connectivity index (χ1v) is 3.66. The fourth-order valence-electron chi connectivity index (χ4n) is 1.25. The molecule has 2 heteroatoms. The van der Waals surface area contributed by atoms with Crippen LogP contribution in [0.25, 0.3) is 0 Å². The van der Waals surface area contributed by atoms with Gasteiger partial charge in [0.1, 0.15) is 5.94 Å². The Kier molecular flexibility index (Phi) is 2.91.